The lowest BCUT2D eigenvalue weighted by Gasteiger charge is -2.09. The quantitative estimate of drug-likeness (QED) is 0.544. The number of amides is 2. The number of anilines is 2. The monoisotopic (exact) mass is 419 g/mol. The molecule has 1 aromatic heterocycles. The second-order valence-corrected chi connectivity index (χ2v) is 7.02. The van der Waals surface area contributed by atoms with Gasteiger partial charge < -0.3 is 20.3 Å². The number of nitrogens with zero attached hydrogens (tertiary/aromatic N) is 1. The first-order valence-corrected chi connectivity index (χ1v) is 9.49. The SMILES string of the molecule is Cc1ccc(=O)n(CC(=O)Nc2ccc(C(=O)Nc3ccc(CC(=O)O)cc3)cc2)c1. The van der Waals surface area contributed by atoms with E-state index in [4.69, 9.17) is 5.11 Å². The van der Waals surface area contributed by atoms with Crippen molar-refractivity contribution in [3.05, 3.63) is 93.9 Å². The fraction of sp³-hybridized carbons (Fsp3) is 0.130. The van der Waals surface area contributed by atoms with Crippen LogP contribution >= 0.6 is 0 Å². The molecule has 0 aliphatic heterocycles. The van der Waals surface area contributed by atoms with Crippen LogP contribution in [0.2, 0.25) is 0 Å². The highest BCUT2D eigenvalue weighted by Crippen LogP contribution is 2.14. The predicted molar refractivity (Wildman–Crippen MR) is 116 cm³/mol. The summed E-state index contributed by atoms with van der Waals surface area (Å²) in [5, 5.41) is 14.2. The van der Waals surface area contributed by atoms with Crippen LogP contribution in [0.15, 0.2) is 71.7 Å². The Hall–Kier alpha value is -4.20. The molecular weight excluding hydrogens is 398 g/mol. The van der Waals surface area contributed by atoms with Gasteiger partial charge in [0.05, 0.1) is 6.42 Å². The molecule has 0 atom stereocenters. The van der Waals surface area contributed by atoms with Crippen molar-refractivity contribution in [3.8, 4) is 0 Å². The molecule has 158 valence electrons. The molecule has 0 unspecified atom stereocenters. The number of carboxylic acids is 1. The molecule has 31 heavy (non-hydrogen) atoms. The maximum Gasteiger partial charge on any atom is 0.307 e. The lowest BCUT2D eigenvalue weighted by Crippen LogP contribution is -2.26. The maximum absolute atomic E-state index is 12.4. The molecule has 1 heterocycles. The van der Waals surface area contributed by atoms with Gasteiger partial charge in [0.15, 0.2) is 0 Å². The Kier molecular flexibility index (Phi) is 6.61. The van der Waals surface area contributed by atoms with Gasteiger partial charge in [-0.05, 0) is 54.4 Å². The van der Waals surface area contributed by atoms with E-state index < -0.39 is 5.97 Å². The largest absolute Gasteiger partial charge is 0.481 e. The van der Waals surface area contributed by atoms with Gasteiger partial charge in [0.25, 0.3) is 11.5 Å². The van der Waals surface area contributed by atoms with Crippen molar-refractivity contribution >= 4 is 29.2 Å². The normalized spacial score (nSPS) is 10.4. The molecule has 8 nitrogen and oxygen atoms in total. The summed E-state index contributed by atoms with van der Waals surface area (Å²) >= 11 is 0. The number of nitrogens with one attached hydrogen (secondary N) is 2. The van der Waals surface area contributed by atoms with Crippen molar-refractivity contribution in [2.24, 2.45) is 0 Å². The number of aliphatic carboxylic acids is 1. The number of carbonyl (C=O) groups excluding carboxylic acids is 2. The smallest absolute Gasteiger partial charge is 0.307 e. The van der Waals surface area contributed by atoms with Crippen molar-refractivity contribution in [1.82, 2.24) is 4.57 Å². The van der Waals surface area contributed by atoms with Gasteiger partial charge in [-0.25, -0.2) is 0 Å². The van der Waals surface area contributed by atoms with Crippen LogP contribution in [0.4, 0.5) is 11.4 Å². The van der Waals surface area contributed by atoms with Crippen LogP contribution in [0.3, 0.4) is 0 Å². The Morgan fingerprint density at radius 3 is 2.13 bits per heavy atom. The number of benzene rings is 2. The molecule has 2 amide bonds. The summed E-state index contributed by atoms with van der Waals surface area (Å²) in [6, 6.07) is 16.0. The van der Waals surface area contributed by atoms with Gasteiger partial charge in [-0.1, -0.05) is 18.2 Å². The minimum Gasteiger partial charge on any atom is -0.481 e. The number of carboxylic acid groups (broad SMARTS) is 1. The number of aromatic nitrogens is 1. The van der Waals surface area contributed by atoms with Crippen LogP contribution in [0.1, 0.15) is 21.5 Å². The summed E-state index contributed by atoms with van der Waals surface area (Å²) in [5.74, 6) is -1.61. The van der Waals surface area contributed by atoms with Gasteiger partial charge in [0.1, 0.15) is 6.54 Å². The Balaban J connectivity index is 1.58. The minimum atomic E-state index is -0.921. The average molecular weight is 419 g/mol. The molecule has 0 saturated heterocycles. The first kappa shape index (κ1) is 21.5. The number of aryl methyl sites for hydroxylation is 1. The van der Waals surface area contributed by atoms with E-state index in [9.17, 15) is 19.2 Å². The first-order chi connectivity index (χ1) is 14.8. The van der Waals surface area contributed by atoms with Crippen LogP contribution in [-0.2, 0) is 22.6 Å². The van der Waals surface area contributed by atoms with Crippen LogP contribution in [-0.4, -0.2) is 27.5 Å². The van der Waals surface area contributed by atoms with E-state index >= 15 is 0 Å². The summed E-state index contributed by atoms with van der Waals surface area (Å²) in [6.45, 7) is 1.72. The maximum atomic E-state index is 12.4. The Morgan fingerprint density at radius 2 is 1.48 bits per heavy atom. The minimum absolute atomic E-state index is 0.0834. The molecule has 2 aromatic carbocycles. The fourth-order valence-electron chi connectivity index (χ4n) is 2.92. The van der Waals surface area contributed by atoms with Crippen molar-refractivity contribution < 1.29 is 19.5 Å². The summed E-state index contributed by atoms with van der Waals surface area (Å²) in [4.78, 5) is 47.1. The topological polar surface area (TPSA) is 118 Å². The van der Waals surface area contributed by atoms with E-state index in [0.29, 0.717) is 22.5 Å². The second kappa shape index (κ2) is 9.53. The molecule has 3 N–H and O–H groups in total. The zero-order chi connectivity index (χ0) is 22.4. The molecule has 3 aromatic rings. The molecular formula is C23H21N3O5. The highest BCUT2D eigenvalue weighted by molar-refractivity contribution is 6.04. The number of carbonyl (C=O) groups is 3. The molecule has 3 rings (SSSR count). The van der Waals surface area contributed by atoms with E-state index in [1.807, 2.05) is 6.92 Å². The number of hydrogen-bond acceptors (Lipinski definition) is 4. The first-order valence-electron chi connectivity index (χ1n) is 9.49. The molecule has 8 heteroatoms. The summed E-state index contributed by atoms with van der Waals surface area (Å²) in [7, 11) is 0. The fourth-order valence-corrected chi connectivity index (χ4v) is 2.92. The average Bonchev–Trinajstić information content (AvgIpc) is 2.72. The third-order valence-corrected chi connectivity index (χ3v) is 4.44. The zero-order valence-corrected chi connectivity index (χ0v) is 16.8. The lowest BCUT2D eigenvalue weighted by atomic mass is 10.1. The molecule has 0 fully saturated rings. The molecule has 0 aliphatic rings. The van der Waals surface area contributed by atoms with E-state index in [2.05, 4.69) is 10.6 Å². The van der Waals surface area contributed by atoms with Gasteiger partial charge in [0, 0.05) is 29.2 Å². The van der Waals surface area contributed by atoms with Crippen LogP contribution in [0.5, 0.6) is 0 Å². The molecule has 0 spiro atoms. The molecule has 0 aliphatic carbocycles. The van der Waals surface area contributed by atoms with E-state index in [0.717, 1.165) is 5.56 Å². The number of rotatable bonds is 7. The van der Waals surface area contributed by atoms with Gasteiger partial charge >= 0.3 is 5.97 Å². The zero-order valence-electron chi connectivity index (χ0n) is 16.8. The Labute approximate surface area is 178 Å². The highest BCUT2D eigenvalue weighted by atomic mass is 16.4. The Morgan fingerprint density at radius 1 is 0.871 bits per heavy atom. The number of pyridine rings is 1. The Bertz CT molecular complexity index is 1170. The van der Waals surface area contributed by atoms with Crippen LogP contribution in [0.25, 0.3) is 0 Å². The standard InChI is InChI=1S/C23H21N3O5/c1-15-2-11-21(28)26(13-15)14-20(27)24-18-9-5-17(6-10-18)23(31)25-19-7-3-16(4-8-19)12-22(29)30/h2-11,13H,12,14H2,1H3,(H,24,27)(H,25,31)(H,29,30). The molecule has 0 bridgehead atoms. The van der Waals surface area contributed by atoms with Gasteiger partial charge in [0.2, 0.25) is 5.91 Å². The summed E-state index contributed by atoms with van der Waals surface area (Å²) in [6.07, 6.45) is 1.53. The van der Waals surface area contributed by atoms with E-state index in [1.54, 1.807) is 60.8 Å². The second-order valence-electron chi connectivity index (χ2n) is 7.02. The highest BCUT2D eigenvalue weighted by Gasteiger charge is 2.09. The van der Waals surface area contributed by atoms with Gasteiger partial charge in [-0.3, -0.25) is 19.2 Å². The molecule has 0 radical (unpaired) electrons. The van der Waals surface area contributed by atoms with E-state index in [1.165, 1.54) is 10.6 Å². The molecule has 0 saturated carbocycles. The van der Waals surface area contributed by atoms with E-state index in [-0.39, 0.29) is 30.3 Å². The summed E-state index contributed by atoms with van der Waals surface area (Å²) < 4.78 is 1.33. The third-order valence-electron chi connectivity index (χ3n) is 4.44. The van der Waals surface area contributed by atoms with Crippen LogP contribution in [0, 0.1) is 6.92 Å². The van der Waals surface area contributed by atoms with Crippen molar-refractivity contribution in [2.75, 3.05) is 10.6 Å². The van der Waals surface area contributed by atoms with Gasteiger partial charge in [-0.15, -0.1) is 0 Å². The lowest BCUT2D eigenvalue weighted by molar-refractivity contribution is -0.136. The van der Waals surface area contributed by atoms with Crippen LogP contribution < -0.4 is 16.2 Å². The van der Waals surface area contributed by atoms with Gasteiger partial charge in [-0.2, -0.15) is 0 Å². The third kappa shape index (κ3) is 6.14. The summed E-state index contributed by atoms with van der Waals surface area (Å²) in [5.41, 5.74) is 2.68. The predicted octanol–water partition coefficient (Wildman–Crippen LogP) is 2.67. The number of hydrogen-bond donors (Lipinski definition) is 3. The van der Waals surface area contributed by atoms with Crippen molar-refractivity contribution in [1.29, 1.82) is 0 Å². The van der Waals surface area contributed by atoms with Crippen molar-refractivity contribution in [3.63, 3.8) is 0 Å². The van der Waals surface area contributed by atoms with Crippen molar-refractivity contribution in [2.45, 2.75) is 19.9 Å².